The minimum Gasteiger partial charge on any atom is -0.392 e. The molecule has 6 rings (SSSR count). The van der Waals surface area contributed by atoms with Crippen LogP contribution >= 0.6 is 0 Å². The first-order chi connectivity index (χ1) is 14.7. The summed E-state index contributed by atoms with van der Waals surface area (Å²) in [6.45, 7) is 2.95. The molecular formula is C24H29N3O3. The zero-order valence-electron chi connectivity index (χ0n) is 17.2. The molecule has 1 N–H and O–H groups in total. The summed E-state index contributed by atoms with van der Waals surface area (Å²) in [5, 5.41) is 11.4. The molecule has 30 heavy (non-hydrogen) atoms. The number of rotatable bonds is 2. The predicted molar refractivity (Wildman–Crippen MR) is 112 cm³/mol. The van der Waals surface area contributed by atoms with Crippen molar-refractivity contribution in [1.82, 2.24) is 14.5 Å². The van der Waals surface area contributed by atoms with Gasteiger partial charge in [-0.15, -0.1) is 0 Å². The van der Waals surface area contributed by atoms with Crippen LogP contribution in [0.25, 0.3) is 11.3 Å². The average Bonchev–Trinajstić information content (AvgIpc) is 3.39. The number of aliphatic hydroxyl groups is 1. The Labute approximate surface area is 176 Å². The predicted octanol–water partition coefficient (Wildman–Crippen LogP) is 2.87. The summed E-state index contributed by atoms with van der Waals surface area (Å²) in [7, 11) is 0. The van der Waals surface area contributed by atoms with Crippen molar-refractivity contribution in [3.63, 3.8) is 0 Å². The van der Waals surface area contributed by atoms with Gasteiger partial charge in [-0.1, -0.05) is 24.3 Å². The molecule has 2 saturated heterocycles. The van der Waals surface area contributed by atoms with E-state index in [0.717, 1.165) is 50.9 Å². The first-order valence-electron chi connectivity index (χ1n) is 11.3. The lowest BCUT2D eigenvalue weighted by atomic mass is 9.53. The second-order valence-electron chi connectivity index (χ2n) is 9.61. The van der Waals surface area contributed by atoms with Crippen LogP contribution in [0.15, 0.2) is 36.8 Å². The Hall–Kier alpha value is -2.18. The normalized spacial score (nSPS) is 30.0. The summed E-state index contributed by atoms with van der Waals surface area (Å²) in [5.41, 5.74) is 3.67. The smallest absolute Gasteiger partial charge is 0.225 e. The van der Waals surface area contributed by atoms with E-state index in [1.165, 1.54) is 11.1 Å². The fraction of sp³-hybridized carbons (Fsp3) is 0.583. The van der Waals surface area contributed by atoms with Crippen LogP contribution in [0.4, 0.5) is 0 Å². The first kappa shape index (κ1) is 18.6. The van der Waals surface area contributed by atoms with E-state index in [1.807, 2.05) is 17.4 Å². The second kappa shape index (κ2) is 6.92. The van der Waals surface area contributed by atoms with Gasteiger partial charge in [0.1, 0.15) is 0 Å². The number of fused-ring (bicyclic) bond motifs is 3. The topological polar surface area (TPSA) is 67.6 Å². The van der Waals surface area contributed by atoms with Gasteiger partial charge in [-0.05, 0) is 37.7 Å². The van der Waals surface area contributed by atoms with E-state index in [2.05, 4.69) is 33.8 Å². The molecule has 1 amide bonds. The Kier molecular flexibility index (Phi) is 4.29. The van der Waals surface area contributed by atoms with E-state index >= 15 is 0 Å². The fourth-order valence-corrected chi connectivity index (χ4v) is 6.46. The molecule has 1 aromatic heterocycles. The van der Waals surface area contributed by atoms with Gasteiger partial charge in [0.25, 0.3) is 0 Å². The van der Waals surface area contributed by atoms with E-state index in [0.29, 0.717) is 19.1 Å². The second-order valence-corrected chi connectivity index (χ2v) is 9.61. The lowest BCUT2D eigenvalue weighted by molar-refractivity contribution is -0.167. The fourth-order valence-electron chi connectivity index (χ4n) is 6.46. The van der Waals surface area contributed by atoms with Crippen LogP contribution in [0, 0.1) is 17.3 Å². The number of ether oxygens (including phenoxy) is 1. The zero-order chi connectivity index (χ0) is 20.3. The Morgan fingerprint density at radius 1 is 1.17 bits per heavy atom. The number of hydrogen-bond acceptors (Lipinski definition) is 4. The third kappa shape index (κ3) is 2.63. The molecule has 4 heterocycles. The Bertz CT molecular complexity index is 956. The molecule has 2 aromatic rings. The molecule has 3 atom stereocenters. The van der Waals surface area contributed by atoms with Gasteiger partial charge in [-0.2, -0.15) is 0 Å². The average molecular weight is 408 g/mol. The van der Waals surface area contributed by atoms with Crippen molar-refractivity contribution in [2.24, 2.45) is 17.3 Å². The van der Waals surface area contributed by atoms with Crippen LogP contribution in [0.5, 0.6) is 0 Å². The largest absolute Gasteiger partial charge is 0.392 e. The number of piperidine rings is 1. The maximum atomic E-state index is 12.9. The Morgan fingerprint density at radius 3 is 2.70 bits per heavy atom. The van der Waals surface area contributed by atoms with Crippen LogP contribution in [0.1, 0.15) is 43.7 Å². The first-order valence-corrected chi connectivity index (χ1v) is 11.3. The number of carbonyl (C=O) groups excluding carboxylic acids is 1. The van der Waals surface area contributed by atoms with Crippen molar-refractivity contribution in [2.75, 3.05) is 26.3 Å². The van der Waals surface area contributed by atoms with E-state index in [4.69, 9.17) is 4.74 Å². The highest BCUT2D eigenvalue weighted by Gasteiger charge is 2.58. The van der Waals surface area contributed by atoms with Gasteiger partial charge in [0.05, 0.1) is 30.4 Å². The van der Waals surface area contributed by atoms with E-state index in [9.17, 15) is 9.90 Å². The van der Waals surface area contributed by atoms with Crippen LogP contribution in [0.3, 0.4) is 0 Å². The maximum Gasteiger partial charge on any atom is 0.225 e. The third-order valence-electron chi connectivity index (χ3n) is 8.24. The molecule has 3 fully saturated rings. The molecule has 158 valence electrons. The Balaban J connectivity index is 1.16. The number of nitrogens with zero attached hydrogens (tertiary/aromatic N) is 3. The van der Waals surface area contributed by atoms with Gasteiger partial charge < -0.3 is 19.3 Å². The molecule has 0 bridgehead atoms. The van der Waals surface area contributed by atoms with Crippen LogP contribution < -0.4 is 0 Å². The van der Waals surface area contributed by atoms with Crippen LogP contribution in [-0.2, 0) is 9.53 Å². The van der Waals surface area contributed by atoms with Gasteiger partial charge in [0, 0.05) is 49.1 Å². The molecule has 0 unspecified atom stereocenters. The zero-order valence-corrected chi connectivity index (χ0v) is 17.2. The molecule has 1 aliphatic carbocycles. The standard InChI is InChI=1S/C24H29N3O3/c28-22-19(21-18-4-2-1-3-17(18)20-14-25-15-27(20)21)13-24(22)7-9-26(10-8-24)23(29)16-5-11-30-12-6-16/h1-4,14-16,19,21-22,28H,5-13H2/t19-,21+,22+/m0/s1. The van der Waals surface area contributed by atoms with Gasteiger partial charge in [-0.3, -0.25) is 4.79 Å². The van der Waals surface area contributed by atoms with Gasteiger partial charge in [0.2, 0.25) is 5.91 Å². The van der Waals surface area contributed by atoms with E-state index in [-0.39, 0.29) is 29.4 Å². The van der Waals surface area contributed by atoms with Crippen molar-refractivity contribution >= 4 is 5.91 Å². The number of likely N-dealkylation sites (tertiary alicyclic amines) is 1. The Morgan fingerprint density at radius 2 is 1.93 bits per heavy atom. The van der Waals surface area contributed by atoms with Gasteiger partial charge >= 0.3 is 0 Å². The maximum absolute atomic E-state index is 12.9. The highest BCUT2D eigenvalue weighted by Crippen LogP contribution is 2.59. The monoisotopic (exact) mass is 407 g/mol. The lowest BCUT2D eigenvalue weighted by Crippen LogP contribution is -2.60. The molecular weight excluding hydrogens is 378 g/mol. The number of aromatic nitrogens is 2. The van der Waals surface area contributed by atoms with Crippen molar-refractivity contribution < 1.29 is 14.6 Å². The quantitative estimate of drug-likeness (QED) is 0.831. The summed E-state index contributed by atoms with van der Waals surface area (Å²) in [5.74, 6) is 0.632. The molecule has 0 radical (unpaired) electrons. The molecule has 6 nitrogen and oxygen atoms in total. The van der Waals surface area contributed by atoms with Gasteiger partial charge in [-0.25, -0.2) is 4.98 Å². The molecule has 1 spiro atoms. The third-order valence-corrected chi connectivity index (χ3v) is 8.24. The van der Waals surface area contributed by atoms with E-state index < -0.39 is 0 Å². The lowest BCUT2D eigenvalue weighted by Gasteiger charge is -2.58. The number of imidazole rings is 1. The summed E-state index contributed by atoms with van der Waals surface area (Å²) in [4.78, 5) is 19.3. The molecule has 3 aliphatic heterocycles. The molecule has 4 aliphatic rings. The van der Waals surface area contributed by atoms with Crippen molar-refractivity contribution in [3.8, 4) is 11.3 Å². The summed E-state index contributed by atoms with van der Waals surface area (Å²) in [6, 6.07) is 8.68. The van der Waals surface area contributed by atoms with E-state index in [1.54, 1.807) is 0 Å². The number of amides is 1. The summed E-state index contributed by atoms with van der Waals surface area (Å²) in [6.07, 6.45) is 8.04. The van der Waals surface area contributed by atoms with Crippen molar-refractivity contribution in [2.45, 2.75) is 44.2 Å². The molecule has 1 saturated carbocycles. The van der Waals surface area contributed by atoms with Crippen molar-refractivity contribution in [1.29, 1.82) is 0 Å². The van der Waals surface area contributed by atoms with Crippen molar-refractivity contribution in [3.05, 3.63) is 42.4 Å². The highest BCUT2D eigenvalue weighted by molar-refractivity contribution is 5.79. The number of carbonyl (C=O) groups is 1. The summed E-state index contributed by atoms with van der Waals surface area (Å²) >= 11 is 0. The molecule has 1 aromatic carbocycles. The van der Waals surface area contributed by atoms with Crippen LogP contribution in [0.2, 0.25) is 0 Å². The SMILES string of the molecule is O=C(C1CCOCC1)N1CCC2(CC1)C[C@@H]([C@H]1c3ccccc3-c3cncn31)[C@H]2O. The summed E-state index contributed by atoms with van der Waals surface area (Å²) < 4.78 is 7.65. The number of benzene rings is 1. The molecule has 6 heteroatoms. The number of aliphatic hydroxyl groups excluding tert-OH is 1. The number of hydrogen-bond donors (Lipinski definition) is 1. The minimum absolute atomic E-state index is 0.0323. The highest BCUT2D eigenvalue weighted by atomic mass is 16.5. The minimum atomic E-state index is -0.329. The van der Waals surface area contributed by atoms with Crippen LogP contribution in [-0.4, -0.2) is 57.9 Å². The van der Waals surface area contributed by atoms with Gasteiger partial charge in [0.15, 0.2) is 0 Å².